The van der Waals surface area contributed by atoms with Crippen molar-refractivity contribution in [3.63, 3.8) is 0 Å². The first-order valence-corrected chi connectivity index (χ1v) is 5.92. The van der Waals surface area contributed by atoms with E-state index in [0.717, 1.165) is 12.1 Å². The third-order valence-electron chi connectivity index (χ3n) is 3.18. The topological polar surface area (TPSA) is 40.5 Å². The molecule has 1 aliphatic rings. The number of nitrogens with zero attached hydrogens (tertiary/aromatic N) is 1. The molecule has 1 amide bonds. The fourth-order valence-electron chi connectivity index (χ4n) is 2.02. The first-order valence-electron chi connectivity index (χ1n) is 5.92. The zero-order chi connectivity index (χ0) is 16.8. The summed E-state index contributed by atoms with van der Waals surface area (Å²) in [7, 11) is 0. The average molecular weight is 325 g/mol. The smallest absolute Gasteiger partial charge is 0.363 e. The maximum atomic E-state index is 13.0. The second-order valence-electron chi connectivity index (χ2n) is 4.68. The zero-order valence-corrected chi connectivity index (χ0v) is 10.7. The molecule has 0 fully saturated rings. The Hall–Kier alpha value is -2.03. The molecule has 1 aliphatic heterocycles. The van der Waals surface area contributed by atoms with Gasteiger partial charge in [0.15, 0.2) is 0 Å². The van der Waals surface area contributed by atoms with Gasteiger partial charge in [0.05, 0.1) is 5.57 Å². The summed E-state index contributed by atoms with van der Waals surface area (Å²) >= 11 is 0. The molecule has 0 aromatic heterocycles. The number of rotatable bonds is 1. The van der Waals surface area contributed by atoms with Crippen LogP contribution >= 0.6 is 0 Å². The predicted octanol–water partition coefficient (Wildman–Crippen LogP) is 3.23. The molecule has 9 heteroatoms. The lowest BCUT2D eigenvalue weighted by atomic mass is 10.1. The average Bonchev–Trinajstić information content (AvgIpc) is 2.78. The summed E-state index contributed by atoms with van der Waals surface area (Å²) in [5.41, 5.74) is -5.83. The normalized spacial score (nSPS) is 22.7. The molecule has 120 valence electrons. The summed E-state index contributed by atoms with van der Waals surface area (Å²) < 4.78 is 76.9. The number of amides is 1. The Morgan fingerprint density at radius 3 is 2.09 bits per heavy atom. The summed E-state index contributed by atoms with van der Waals surface area (Å²) in [5.74, 6) is -1.38. The van der Waals surface area contributed by atoms with Crippen molar-refractivity contribution in [3.05, 3.63) is 47.7 Å². The maximum Gasteiger partial charge on any atom is 0.437 e. The first kappa shape index (κ1) is 16.3. The monoisotopic (exact) mass is 325 g/mol. The van der Waals surface area contributed by atoms with E-state index in [9.17, 15) is 36.2 Å². The van der Waals surface area contributed by atoms with E-state index in [0.29, 0.717) is 0 Å². The second-order valence-corrected chi connectivity index (χ2v) is 4.68. The molecule has 0 aliphatic carbocycles. The van der Waals surface area contributed by atoms with Gasteiger partial charge >= 0.3 is 12.4 Å². The first-order chi connectivity index (χ1) is 9.97. The van der Waals surface area contributed by atoms with Crippen molar-refractivity contribution in [1.82, 2.24) is 4.90 Å². The lowest BCUT2D eigenvalue weighted by Crippen LogP contribution is -2.56. The molecule has 3 nitrogen and oxygen atoms in total. The zero-order valence-electron chi connectivity index (χ0n) is 10.7. The van der Waals surface area contributed by atoms with Gasteiger partial charge < -0.3 is 5.11 Å². The van der Waals surface area contributed by atoms with E-state index in [1.807, 2.05) is 0 Å². The van der Waals surface area contributed by atoms with E-state index in [1.54, 1.807) is 0 Å². The highest BCUT2D eigenvalue weighted by molar-refractivity contribution is 5.95. The summed E-state index contributed by atoms with van der Waals surface area (Å²) in [5, 5.41) is 9.68. The van der Waals surface area contributed by atoms with E-state index in [1.165, 1.54) is 18.2 Å². The van der Waals surface area contributed by atoms with E-state index in [4.69, 9.17) is 0 Å². The molecule has 1 aromatic carbocycles. The molecule has 1 heterocycles. The minimum atomic E-state index is -5.44. The molecule has 22 heavy (non-hydrogen) atoms. The Morgan fingerprint density at radius 2 is 1.64 bits per heavy atom. The van der Waals surface area contributed by atoms with Gasteiger partial charge in [-0.2, -0.15) is 26.3 Å². The highest BCUT2D eigenvalue weighted by atomic mass is 19.4. The van der Waals surface area contributed by atoms with Gasteiger partial charge in [0.2, 0.25) is 5.72 Å². The molecule has 1 unspecified atom stereocenters. The van der Waals surface area contributed by atoms with Crippen LogP contribution in [0.3, 0.4) is 0 Å². The van der Waals surface area contributed by atoms with Crippen LogP contribution < -0.4 is 0 Å². The SMILES string of the molecule is O=C(c1ccccc1)N1C=C(C(F)(F)F)CC1(O)C(F)(F)F. The van der Waals surface area contributed by atoms with Crippen molar-refractivity contribution in [1.29, 1.82) is 0 Å². The summed E-state index contributed by atoms with van der Waals surface area (Å²) in [6, 6.07) is 6.43. The Kier molecular flexibility index (Phi) is 3.72. The number of halogens is 6. The third kappa shape index (κ3) is 2.68. The van der Waals surface area contributed by atoms with Crippen LogP contribution in [-0.4, -0.2) is 34.0 Å². The number of benzene rings is 1. The van der Waals surface area contributed by atoms with Crippen LogP contribution in [0, 0.1) is 0 Å². The predicted molar refractivity (Wildman–Crippen MR) is 62.4 cm³/mol. The Labute approximate surface area is 120 Å². The number of aliphatic hydroxyl groups is 1. The van der Waals surface area contributed by atoms with Crippen LogP contribution in [0.5, 0.6) is 0 Å². The van der Waals surface area contributed by atoms with Crippen molar-refractivity contribution >= 4 is 5.91 Å². The van der Waals surface area contributed by atoms with Gasteiger partial charge in [-0.05, 0) is 12.1 Å². The van der Waals surface area contributed by atoms with Crippen molar-refractivity contribution in [2.24, 2.45) is 0 Å². The highest BCUT2D eigenvalue weighted by Gasteiger charge is 2.64. The van der Waals surface area contributed by atoms with Gasteiger partial charge in [-0.25, -0.2) is 0 Å². The van der Waals surface area contributed by atoms with Crippen molar-refractivity contribution in [2.45, 2.75) is 24.5 Å². The van der Waals surface area contributed by atoms with Crippen LogP contribution in [0.2, 0.25) is 0 Å². The molecule has 1 atom stereocenters. The number of hydrogen-bond donors (Lipinski definition) is 1. The minimum Gasteiger partial charge on any atom is -0.363 e. The van der Waals surface area contributed by atoms with Gasteiger partial charge in [-0.3, -0.25) is 9.69 Å². The van der Waals surface area contributed by atoms with Crippen LogP contribution in [-0.2, 0) is 0 Å². The molecule has 0 bridgehead atoms. The lowest BCUT2D eigenvalue weighted by molar-refractivity contribution is -0.293. The summed E-state index contributed by atoms with van der Waals surface area (Å²) in [6.07, 6.45) is -12.3. The van der Waals surface area contributed by atoms with Crippen molar-refractivity contribution in [2.75, 3.05) is 0 Å². The molecule has 0 saturated carbocycles. The summed E-state index contributed by atoms with van der Waals surface area (Å²) in [4.78, 5) is 11.7. The molecular weight excluding hydrogens is 316 g/mol. The minimum absolute atomic E-state index is 0.00280. The van der Waals surface area contributed by atoms with Crippen LogP contribution in [0.1, 0.15) is 16.8 Å². The van der Waals surface area contributed by atoms with Crippen LogP contribution in [0.15, 0.2) is 42.1 Å². The van der Waals surface area contributed by atoms with Gasteiger partial charge in [-0.1, -0.05) is 18.2 Å². The van der Waals surface area contributed by atoms with Crippen molar-refractivity contribution in [3.8, 4) is 0 Å². The van der Waals surface area contributed by atoms with E-state index in [-0.39, 0.29) is 16.7 Å². The molecular formula is C13H9F6NO2. The molecule has 2 rings (SSSR count). The van der Waals surface area contributed by atoms with Crippen LogP contribution in [0.4, 0.5) is 26.3 Å². The fraction of sp³-hybridized carbons (Fsp3) is 0.308. The maximum absolute atomic E-state index is 13.0. The van der Waals surface area contributed by atoms with E-state index >= 15 is 0 Å². The molecule has 1 aromatic rings. The second kappa shape index (κ2) is 5.01. The quantitative estimate of drug-likeness (QED) is 0.806. The number of carbonyl (C=O) groups excluding carboxylic acids is 1. The third-order valence-corrected chi connectivity index (χ3v) is 3.18. The van der Waals surface area contributed by atoms with Gasteiger partial charge in [-0.15, -0.1) is 0 Å². The van der Waals surface area contributed by atoms with Gasteiger partial charge in [0.25, 0.3) is 5.91 Å². The van der Waals surface area contributed by atoms with Crippen LogP contribution in [0.25, 0.3) is 0 Å². The largest absolute Gasteiger partial charge is 0.437 e. The number of alkyl halides is 6. The van der Waals surface area contributed by atoms with E-state index < -0.39 is 36.0 Å². The number of hydrogen-bond acceptors (Lipinski definition) is 2. The fourth-order valence-corrected chi connectivity index (χ4v) is 2.02. The molecule has 0 spiro atoms. The molecule has 0 saturated heterocycles. The lowest BCUT2D eigenvalue weighted by Gasteiger charge is -2.34. The Balaban J connectivity index is 2.48. The van der Waals surface area contributed by atoms with Gasteiger partial charge in [0, 0.05) is 18.2 Å². The summed E-state index contributed by atoms with van der Waals surface area (Å²) in [6.45, 7) is 0. The Morgan fingerprint density at radius 1 is 1.09 bits per heavy atom. The Bertz CT molecular complexity index is 607. The van der Waals surface area contributed by atoms with E-state index in [2.05, 4.69) is 0 Å². The number of carbonyl (C=O) groups is 1. The molecule has 1 N–H and O–H groups in total. The standard InChI is InChI=1S/C13H9F6NO2/c14-12(15,16)9-6-11(22,13(17,18)19)20(7-9)10(21)8-4-2-1-3-5-8/h1-5,7,22H,6H2. The highest BCUT2D eigenvalue weighted by Crippen LogP contribution is 2.47. The van der Waals surface area contributed by atoms with Gasteiger partial charge in [0.1, 0.15) is 0 Å². The molecule has 0 radical (unpaired) electrons. The van der Waals surface area contributed by atoms with Crippen molar-refractivity contribution < 1.29 is 36.2 Å².